The molecule has 3 saturated heterocycles. The number of hydrogen-bond donors (Lipinski definition) is 4. The molecule has 3 fully saturated rings. The molecule has 8 rings (SSSR count). The number of allylic oxidation sites excluding steroid dienone is 1. The number of fused-ring (bicyclic) bond motifs is 1. The summed E-state index contributed by atoms with van der Waals surface area (Å²) in [6, 6.07) is 27.4. The van der Waals surface area contributed by atoms with E-state index in [1.54, 1.807) is 6.08 Å². The van der Waals surface area contributed by atoms with E-state index in [0.29, 0.717) is 24.1 Å². The number of nitrogens with one attached hydrogen (secondary N) is 2. The van der Waals surface area contributed by atoms with Crippen LogP contribution >= 0.6 is 23.3 Å². The van der Waals surface area contributed by atoms with Crippen molar-refractivity contribution in [2.75, 3.05) is 31.1 Å². The second-order valence-electron chi connectivity index (χ2n) is 13.4. The molecule has 0 aliphatic carbocycles. The number of rotatable bonds is 11. The van der Waals surface area contributed by atoms with E-state index < -0.39 is 34.8 Å². The maximum atomic E-state index is 14.2. The molecule has 4 aliphatic rings. The summed E-state index contributed by atoms with van der Waals surface area (Å²) >= 11 is 2.17. The Morgan fingerprint density at radius 2 is 1.64 bits per heavy atom. The normalized spacial score (nSPS) is 22.1. The highest BCUT2D eigenvalue weighted by Gasteiger charge is 2.54. The van der Waals surface area contributed by atoms with Crippen molar-refractivity contribution in [2.24, 2.45) is 5.16 Å². The maximum absolute atomic E-state index is 14.2. The molecule has 0 radical (unpaired) electrons. The number of likely N-dealkylation sites (tertiary alicyclic amines) is 1. The van der Waals surface area contributed by atoms with E-state index in [4.69, 9.17) is 10.6 Å². The first-order valence-corrected chi connectivity index (χ1v) is 19.5. The number of nitrogens with zero attached hydrogens (tertiary/aromatic N) is 5. The first-order chi connectivity index (χ1) is 26.8. The second kappa shape index (κ2) is 15.1. The van der Waals surface area contributed by atoms with Crippen molar-refractivity contribution in [1.82, 2.24) is 29.8 Å². The fraction of sp³-hybridized carbons (Fsp3) is 0.256. The molecular formula is C39H36N8O6S2. The molecular weight excluding hydrogens is 741 g/mol. The Morgan fingerprint density at radius 1 is 1.00 bits per heavy atom. The third kappa shape index (κ3) is 6.66. The van der Waals surface area contributed by atoms with Gasteiger partial charge in [-0.3, -0.25) is 19.3 Å². The zero-order valence-electron chi connectivity index (χ0n) is 29.3. The lowest BCUT2D eigenvalue weighted by atomic mass is 9.80. The summed E-state index contributed by atoms with van der Waals surface area (Å²) in [6.07, 6.45) is 2.98. The molecule has 3 aromatic carbocycles. The van der Waals surface area contributed by atoms with E-state index in [9.17, 15) is 24.3 Å². The Balaban J connectivity index is 1.10. The molecule has 16 heteroatoms. The number of amides is 3. The zero-order valence-corrected chi connectivity index (χ0v) is 31.0. The Labute approximate surface area is 324 Å². The second-order valence-corrected chi connectivity index (χ2v) is 15.3. The van der Waals surface area contributed by atoms with E-state index in [2.05, 4.69) is 25.1 Å². The van der Waals surface area contributed by atoms with Crippen LogP contribution in [-0.4, -0.2) is 96.5 Å². The Kier molecular flexibility index (Phi) is 9.94. The molecule has 0 spiro atoms. The van der Waals surface area contributed by atoms with Crippen LogP contribution in [0.3, 0.4) is 0 Å². The first-order valence-electron chi connectivity index (χ1n) is 17.7. The fourth-order valence-corrected chi connectivity index (χ4v) is 9.24. The maximum Gasteiger partial charge on any atom is 0.352 e. The molecule has 5 N–H and O–H groups in total. The molecule has 0 saturated carbocycles. The first kappa shape index (κ1) is 36.2. The summed E-state index contributed by atoms with van der Waals surface area (Å²) in [5, 5.41) is 20.1. The molecule has 0 unspecified atom stereocenters. The number of aromatic nitrogens is 2. The Hall–Kier alpha value is -5.84. The van der Waals surface area contributed by atoms with Crippen LogP contribution in [-0.2, 0) is 29.6 Å². The molecule has 4 aromatic rings. The van der Waals surface area contributed by atoms with E-state index in [0.717, 1.165) is 47.7 Å². The summed E-state index contributed by atoms with van der Waals surface area (Å²) in [5.41, 5.74) is 7.16. The van der Waals surface area contributed by atoms with Crippen LogP contribution in [0.25, 0.3) is 0 Å². The van der Waals surface area contributed by atoms with Gasteiger partial charge in [-0.1, -0.05) is 96.2 Å². The summed E-state index contributed by atoms with van der Waals surface area (Å²) < 4.78 is 4.25. The number of nitrogens with two attached hydrogens (primary N) is 1. The average Bonchev–Trinajstić information content (AvgIpc) is 3.98. The molecule has 0 bridgehead atoms. The minimum Gasteiger partial charge on any atom is -0.477 e. The summed E-state index contributed by atoms with van der Waals surface area (Å²) in [5.74, 6) is -2.73. The largest absolute Gasteiger partial charge is 0.477 e. The number of β-lactam (4-membered cyclic amide) rings is 1. The number of carbonyl (C=O) groups is 4. The molecule has 3 amide bonds. The number of benzene rings is 3. The number of hydrogen-bond acceptors (Lipinski definition) is 12. The van der Waals surface area contributed by atoms with Crippen molar-refractivity contribution < 1.29 is 29.1 Å². The lowest BCUT2D eigenvalue weighted by Crippen LogP contribution is -2.71. The number of carboxylic acid groups (broad SMARTS) is 1. The highest BCUT2D eigenvalue weighted by atomic mass is 32.2. The van der Waals surface area contributed by atoms with Gasteiger partial charge in [0.05, 0.1) is 0 Å². The molecule has 1 aromatic heterocycles. The molecule has 4 aliphatic heterocycles. The summed E-state index contributed by atoms with van der Waals surface area (Å²) in [7, 11) is 0. The molecule has 14 nitrogen and oxygen atoms in total. The van der Waals surface area contributed by atoms with Gasteiger partial charge < -0.3 is 31.2 Å². The fourth-order valence-electron chi connectivity index (χ4n) is 7.50. The SMILES string of the molecule is Nc1nc(C(=NOC(c2ccccc2)(c2ccccc2)c2ccccc2)C(=O)N[C@@H]2C(=O)N3C(C(=O)O)=C(C=C4CCN([C@@H]5CCNC5)C4=O)CS[C@H]23)ns1. The van der Waals surface area contributed by atoms with E-state index >= 15 is 0 Å². The van der Waals surface area contributed by atoms with Gasteiger partial charge in [0.1, 0.15) is 17.1 Å². The van der Waals surface area contributed by atoms with Crippen molar-refractivity contribution in [1.29, 1.82) is 0 Å². The molecule has 3 atom stereocenters. The monoisotopic (exact) mass is 776 g/mol. The van der Waals surface area contributed by atoms with Gasteiger partial charge in [-0.25, -0.2) is 4.79 Å². The molecule has 55 heavy (non-hydrogen) atoms. The minimum atomic E-state index is -1.34. The van der Waals surface area contributed by atoms with Crippen LogP contribution < -0.4 is 16.4 Å². The van der Waals surface area contributed by atoms with Crippen LogP contribution in [0.4, 0.5) is 5.13 Å². The third-order valence-electron chi connectivity index (χ3n) is 10.2. The lowest BCUT2D eigenvalue weighted by Gasteiger charge is -2.49. The van der Waals surface area contributed by atoms with Crippen LogP contribution in [0.2, 0.25) is 0 Å². The standard InChI is InChI=1S/C39H36N8O6S2/c40-38-43-32(45-55-38)29(44-53-39(25-10-4-1-5-11-25,26-12-6-2-7-13-26)27-14-8-3-9-15-27)33(48)42-30-35(50)47-31(37(51)52)24(22-54-36(30)47)20-23-17-19-46(34(23)49)28-16-18-41-21-28/h1-15,20,28,30,36,41H,16-19,21-22H2,(H,42,48)(H,51,52)(H2,40,43,45)/t28-,30-,36-/m1/s1. The predicted octanol–water partition coefficient (Wildman–Crippen LogP) is 3.09. The van der Waals surface area contributed by atoms with Gasteiger partial charge >= 0.3 is 5.97 Å². The van der Waals surface area contributed by atoms with Crippen molar-refractivity contribution in [2.45, 2.75) is 35.9 Å². The van der Waals surface area contributed by atoms with Gasteiger partial charge in [-0.2, -0.15) is 9.36 Å². The van der Waals surface area contributed by atoms with Crippen molar-refractivity contribution in [3.8, 4) is 0 Å². The Morgan fingerprint density at radius 3 is 2.18 bits per heavy atom. The minimum absolute atomic E-state index is 0.0892. The van der Waals surface area contributed by atoms with Crippen molar-refractivity contribution in [3.63, 3.8) is 0 Å². The van der Waals surface area contributed by atoms with Crippen molar-refractivity contribution in [3.05, 3.63) is 136 Å². The van der Waals surface area contributed by atoms with Gasteiger partial charge in [0.25, 0.3) is 11.8 Å². The van der Waals surface area contributed by atoms with Crippen LogP contribution in [0.5, 0.6) is 0 Å². The third-order valence-corrected chi connectivity index (χ3v) is 12.0. The summed E-state index contributed by atoms with van der Waals surface area (Å²) in [4.78, 5) is 67.6. The highest BCUT2D eigenvalue weighted by molar-refractivity contribution is 8.00. The number of carboxylic acids is 1. The van der Waals surface area contributed by atoms with E-state index in [1.807, 2.05) is 95.9 Å². The average molecular weight is 777 g/mol. The number of nitrogen functional groups attached to an aromatic ring is 1. The van der Waals surface area contributed by atoms with Gasteiger partial charge in [0, 0.05) is 58.7 Å². The van der Waals surface area contributed by atoms with Crippen molar-refractivity contribution >= 4 is 57.8 Å². The summed E-state index contributed by atoms with van der Waals surface area (Å²) in [6.45, 7) is 2.14. The number of aliphatic carboxylic acids is 1. The quantitative estimate of drug-likeness (QED) is 0.0576. The Bertz CT molecular complexity index is 2130. The molecule has 280 valence electrons. The zero-order chi connectivity index (χ0) is 38.1. The number of oxime groups is 1. The van der Waals surface area contributed by atoms with E-state index in [1.165, 1.54) is 16.7 Å². The van der Waals surface area contributed by atoms with Gasteiger partial charge in [-0.05, 0) is 31.0 Å². The van der Waals surface area contributed by atoms with E-state index in [-0.39, 0.29) is 40.1 Å². The molecule has 5 heterocycles. The highest BCUT2D eigenvalue weighted by Crippen LogP contribution is 2.43. The smallest absolute Gasteiger partial charge is 0.352 e. The lowest BCUT2D eigenvalue weighted by molar-refractivity contribution is -0.150. The predicted molar refractivity (Wildman–Crippen MR) is 207 cm³/mol. The van der Waals surface area contributed by atoms with Gasteiger partial charge in [0.2, 0.25) is 23.0 Å². The van der Waals surface area contributed by atoms with Crippen LogP contribution in [0.1, 0.15) is 35.4 Å². The van der Waals surface area contributed by atoms with Gasteiger partial charge in [-0.15, -0.1) is 11.8 Å². The number of carbonyl (C=O) groups excluding carboxylic acids is 3. The number of thioether (sulfide) groups is 1. The van der Waals surface area contributed by atoms with Gasteiger partial charge in [0.15, 0.2) is 5.13 Å². The van der Waals surface area contributed by atoms with Crippen LogP contribution in [0.15, 0.2) is 119 Å². The van der Waals surface area contributed by atoms with Crippen LogP contribution in [0, 0.1) is 0 Å². The topological polar surface area (TPSA) is 192 Å². The number of anilines is 1.